The molecule has 2 aromatic heterocycles. The molecular weight excluding hydrogens is 418 g/mol. The number of carbonyl (C=O) groups is 1. The van der Waals surface area contributed by atoms with Gasteiger partial charge in [0.15, 0.2) is 0 Å². The number of anilines is 3. The van der Waals surface area contributed by atoms with Gasteiger partial charge in [-0.2, -0.15) is 0 Å². The van der Waals surface area contributed by atoms with E-state index < -0.39 is 16.5 Å². The van der Waals surface area contributed by atoms with Crippen LogP contribution < -0.4 is 16.2 Å². The zero-order valence-electron chi connectivity index (χ0n) is 13.6. The molecule has 0 aliphatic rings. The summed E-state index contributed by atoms with van der Waals surface area (Å²) < 4.78 is 0.760. The average molecular weight is 430 g/mol. The molecule has 11 heteroatoms. The van der Waals surface area contributed by atoms with Crippen LogP contribution in [0.25, 0.3) is 0 Å². The number of aromatic nitrogens is 3. The molecule has 1 aromatic carbocycles. The molecule has 0 bridgehead atoms. The van der Waals surface area contributed by atoms with E-state index in [0.717, 1.165) is 10.8 Å². The number of nitrogens with zero attached hydrogens (tertiary/aromatic N) is 4. The van der Waals surface area contributed by atoms with Gasteiger partial charge in [0.1, 0.15) is 12.1 Å². The summed E-state index contributed by atoms with van der Waals surface area (Å²) in [5.74, 6) is -0.341. The Morgan fingerprint density at radius 2 is 1.78 bits per heavy atom. The molecule has 0 radical (unpaired) electrons. The monoisotopic (exact) mass is 429 g/mol. The number of carbonyl (C=O) groups excluding carboxylic acids is 1. The van der Waals surface area contributed by atoms with Gasteiger partial charge in [0, 0.05) is 16.2 Å². The van der Waals surface area contributed by atoms with E-state index in [2.05, 4.69) is 47.1 Å². The van der Waals surface area contributed by atoms with Gasteiger partial charge in [-0.25, -0.2) is 15.0 Å². The van der Waals surface area contributed by atoms with Crippen LogP contribution in [-0.4, -0.2) is 25.8 Å². The van der Waals surface area contributed by atoms with Crippen molar-refractivity contribution in [3.63, 3.8) is 0 Å². The molecule has 27 heavy (non-hydrogen) atoms. The van der Waals surface area contributed by atoms with Crippen LogP contribution in [0.3, 0.4) is 0 Å². The summed E-state index contributed by atoms with van der Waals surface area (Å²) in [5.41, 5.74) is 4.80. The van der Waals surface area contributed by atoms with Gasteiger partial charge in [0.25, 0.3) is 5.91 Å². The van der Waals surface area contributed by atoms with Crippen molar-refractivity contribution in [3.8, 4) is 0 Å². The van der Waals surface area contributed by atoms with E-state index >= 15 is 0 Å². The fraction of sp³-hybridized carbons (Fsp3) is 0. The zero-order chi connectivity index (χ0) is 19.2. The molecule has 0 spiro atoms. The standard InChI is InChI=1S/C16H12BrN7O3/c17-11-6-7-12(18-8-11)21-14-13(24(26)27)15(20-9-19-14)22-23-16(25)10-4-2-1-3-5-10/h1-9H,(H,23,25)(H2,18,19,20,21,22). The smallest absolute Gasteiger partial charge is 0.319 e. The molecule has 136 valence electrons. The van der Waals surface area contributed by atoms with E-state index in [1.54, 1.807) is 42.5 Å². The first-order valence-electron chi connectivity index (χ1n) is 7.54. The number of hydrogen-bond acceptors (Lipinski definition) is 8. The highest BCUT2D eigenvalue weighted by atomic mass is 79.9. The quantitative estimate of drug-likeness (QED) is 0.401. The second kappa shape index (κ2) is 8.19. The molecule has 3 rings (SSSR count). The first-order chi connectivity index (χ1) is 13.0. The fourth-order valence-corrected chi connectivity index (χ4v) is 2.32. The van der Waals surface area contributed by atoms with Gasteiger partial charge in [-0.05, 0) is 40.2 Å². The minimum Gasteiger partial charge on any atom is -0.319 e. The van der Waals surface area contributed by atoms with Crippen molar-refractivity contribution >= 4 is 45.0 Å². The topological polar surface area (TPSA) is 135 Å². The first kappa shape index (κ1) is 18.2. The van der Waals surface area contributed by atoms with Crippen molar-refractivity contribution in [2.45, 2.75) is 0 Å². The predicted octanol–water partition coefficient (Wildman–Crippen LogP) is 3.04. The second-order valence-corrected chi connectivity index (χ2v) is 6.02. The first-order valence-corrected chi connectivity index (χ1v) is 8.33. The molecule has 0 unspecified atom stereocenters. The van der Waals surface area contributed by atoms with Gasteiger partial charge >= 0.3 is 5.69 Å². The number of nitrogens with one attached hydrogen (secondary N) is 3. The van der Waals surface area contributed by atoms with Crippen LogP contribution >= 0.6 is 15.9 Å². The molecule has 0 saturated heterocycles. The Morgan fingerprint density at radius 1 is 1.04 bits per heavy atom. The van der Waals surface area contributed by atoms with E-state index in [0.29, 0.717) is 11.4 Å². The van der Waals surface area contributed by atoms with Crippen LogP contribution in [-0.2, 0) is 0 Å². The maximum atomic E-state index is 12.1. The van der Waals surface area contributed by atoms with Crippen molar-refractivity contribution in [1.82, 2.24) is 20.4 Å². The van der Waals surface area contributed by atoms with Crippen molar-refractivity contribution in [3.05, 3.63) is 75.1 Å². The molecule has 1 amide bonds. The van der Waals surface area contributed by atoms with Gasteiger partial charge in [-0.1, -0.05) is 18.2 Å². The van der Waals surface area contributed by atoms with Gasteiger partial charge in [0.05, 0.1) is 4.92 Å². The largest absolute Gasteiger partial charge is 0.355 e. The van der Waals surface area contributed by atoms with Crippen LogP contribution in [0.4, 0.5) is 23.1 Å². The molecule has 0 atom stereocenters. The summed E-state index contributed by atoms with van der Waals surface area (Å²) >= 11 is 3.26. The lowest BCUT2D eigenvalue weighted by Gasteiger charge is -2.10. The third-order valence-corrected chi connectivity index (χ3v) is 3.78. The zero-order valence-corrected chi connectivity index (χ0v) is 15.2. The maximum Gasteiger partial charge on any atom is 0.355 e. The second-order valence-electron chi connectivity index (χ2n) is 5.11. The number of halogens is 1. The van der Waals surface area contributed by atoms with Gasteiger partial charge in [0.2, 0.25) is 11.6 Å². The molecule has 0 fully saturated rings. The lowest BCUT2D eigenvalue weighted by atomic mass is 10.2. The Hall–Kier alpha value is -3.60. The molecule has 3 N–H and O–H groups in total. The number of pyridine rings is 1. The Labute approximate surface area is 161 Å². The normalized spacial score (nSPS) is 10.1. The van der Waals surface area contributed by atoms with Gasteiger partial charge in [-0.15, -0.1) is 0 Å². The third kappa shape index (κ3) is 4.52. The highest BCUT2D eigenvalue weighted by Crippen LogP contribution is 2.30. The Bertz CT molecular complexity index is 968. The lowest BCUT2D eigenvalue weighted by molar-refractivity contribution is -0.383. The van der Waals surface area contributed by atoms with Crippen LogP contribution in [0.2, 0.25) is 0 Å². The molecule has 0 aliphatic heterocycles. The van der Waals surface area contributed by atoms with Crippen molar-refractivity contribution < 1.29 is 9.72 Å². The SMILES string of the molecule is O=C(NNc1ncnc(Nc2ccc(Br)cn2)c1[N+](=O)[O-])c1ccccc1. The highest BCUT2D eigenvalue weighted by Gasteiger charge is 2.24. The van der Waals surface area contributed by atoms with Crippen molar-refractivity contribution in [2.24, 2.45) is 0 Å². The van der Waals surface area contributed by atoms with Crippen molar-refractivity contribution in [2.75, 3.05) is 10.7 Å². The van der Waals surface area contributed by atoms with E-state index in [1.807, 2.05) is 0 Å². The Morgan fingerprint density at radius 3 is 2.44 bits per heavy atom. The Kier molecular flexibility index (Phi) is 5.52. The number of hydrogen-bond donors (Lipinski definition) is 3. The summed E-state index contributed by atoms with van der Waals surface area (Å²) in [6, 6.07) is 11.7. The minimum atomic E-state index is -0.655. The summed E-state index contributed by atoms with van der Waals surface area (Å²) in [5, 5.41) is 14.3. The summed E-state index contributed by atoms with van der Waals surface area (Å²) in [6.07, 6.45) is 2.67. The Balaban J connectivity index is 1.82. The number of rotatable bonds is 6. The lowest BCUT2D eigenvalue weighted by Crippen LogP contribution is -2.30. The van der Waals surface area contributed by atoms with Gasteiger partial charge < -0.3 is 5.32 Å². The number of benzene rings is 1. The molecule has 0 aliphatic carbocycles. The van der Waals surface area contributed by atoms with E-state index in [1.165, 1.54) is 6.20 Å². The molecule has 10 nitrogen and oxygen atoms in total. The minimum absolute atomic E-state index is 0.0683. The number of nitro groups is 1. The summed E-state index contributed by atoms with van der Waals surface area (Å²) in [6.45, 7) is 0. The molecular formula is C16H12BrN7O3. The molecule has 3 aromatic rings. The highest BCUT2D eigenvalue weighted by molar-refractivity contribution is 9.10. The maximum absolute atomic E-state index is 12.1. The average Bonchev–Trinajstić information content (AvgIpc) is 2.68. The van der Waals surface area contributed by atoms with Gasteiger partial charge in [-0.3, -0.25) is 25.8 Å². The van der Waals surface area contributed by atoms with E-state index in [9.17, 15) is 14.9 Å². The fourth-order valence-electron chi connectivity index (χ4n) is 2.08. The molecule has 0 saturated carbocycles. The third-order valence-electron chi connectivity index (χ3n) is 3.31. The van der Waals surface area contributed by atoms with E-state index in [4.69, 9.17) is 0 Å². The van der Waals surface area contributed by atoms with Crippen LogP contribution in [0.5, 0.6) is 0 Å². The van der Waals surface area contributed by atoms with Crippen LogP contribution in [0.1, 0.15) is 10.4 Å². The van der Waals surface area contributed by atoms with E-state index in [-0.39, 0.29) is 11.6 Å². The van der Waals surface area contributed by atoms with Crippen LogP contribution in [0.15, 0.2) is 59.5 Å². The van der Waals surface area contributed by atoms with Crippen molar-refractivity contribution in [1.29, 1.82) is 0 Å². The molecule has 2 heterocycles. The summed E-state index contributed by atoms with van der Waals surface area (Å²) in [7, 11) is 0. The number of amides is 1. The predicted molar refractivity (Wildman–Crippen MR) is 101 cm³/mol. The number of hydrazine groups is 1. The van der Waals surface area contributed by atoms with Crippen LogP contribution in [0, 0.1) is 10.1 Å². The summed E-state index contributed by atoms with van der Waals surface area (Å²) in [4.78, 5) is 34.8.